The van der Waals surface area contributed by atoms with E-state index in [9.17, 15) is 9.90 Å². The molecule has 0 aliphatic heterocycles. The second kappa shape index (κ2) is 8.57. The van der Waals surface area contributed by atoms with Crippen molar-refractivity contribution in [3.8, 4) is 11.3 Å². The molecule has 1 fully saturated rings. The number of carbonyl (C=O) groups is 1. The van der Waals surface area contributed by atoms with Gasteiger partial charge in [-0.15, -0.1) is 0 Å². The molecule has 2 atom stereocenters. The van der Waals surface area contributed by atoms with Crippen molar-refractivity contribution in [1.82, 2.24) is 24.5 Å². The Morgan fingerprint density at radius 2 is 2.03 bits per heavy atom. The van der Waals surface area contributed by atoms with Gasteiger partial charge in [0.15, 0.2) is 0 Å². The highest BCUT2D eigenvalue weighted by molar-refractivity contribution is 6.01. The Labute approximate surface area is 208 Å². The summed E-state index contributed by atoms with van der Waals surface area (Å²) in [7, 11) is 0. The van der Waals surface area contributed by atoms with Crippen LogP contribution in [0.1, 0.15) is 47.8 Å². The lowest BCUT2D eigenvalue weighted by atomic mass is 9.81. The predicted molar refractivity (Wildman–Crippen MR) is 138 cm³/mol. The summed E-state index contributed by atoms with van der Waals surface area (Å²) in [5, 5.41) is 23.3. The first-order chi connectivity index (χ1) is 17.4. The van der Waals surface area contributed by atoms with Crippen LogP contribution < -0.4 is 5.73 Å². The molecule has 0 radical (unpaired) electrons. The maximum Gasteiger partial charge on any atom is 0.248 e. The third-order valence-electron chi connectivity index (χ3n) is 7.22. The summed E-state index contributed by atoms with van der Waals surface area (Å²) < 4.78 is 3.88. The topological polar surface area (TPSA) is 112 Å². The van der Waals surface area contributed by atoms with Gasteiger partial charge in [-0.2, -0.15) is 10.2 Å². The first-order valence-electron chi connectivity index (χ1n) is 12.3. The number of nitrogens with two attached hydrogens (primary N) is 1. The lowest BCUT2D eigenvalue weighted by molar-refractivity contribution is -0.0309. The summed E-state index contributed by atoms with van der Waals surface area (Å²) in [5.74, 6) is -0.472. The Hall–Kier alpha value is -4.04. The average Bonchev–Trinajstić information content (AvgIpc) is 3.44. The van der Waals surface area contributed by atoms with Crippen molar-refractivity contribution in [3.63, 3.8) is 0 Å². The van der Waals surface area contributed by atoms with E-state index in [0.717, 1.165) is 51.6 Å². The van der Waals surface area contributed by atoms with Gasteiger partial charge in [0.05, 0.1) is 29.2 Å². The van der Waals surface area contributed by atoms with Gasteiger partial charge < -0.3 is 10.8 Å². The van der Waals surface area contributed by atoms with Crippen molar-refractivity contribution in [1.29, 1.82) is 0 Å². The molecule has 0 bridgehead atoms. The summed E-state index contributed by atoms with van der Waals surface area (Å²) in [6.07, 6.45) is 6.82. The van der Waals surface area contributed by atoms with Crippen LogP contribution in [0.2, 0.25) is 0 Å². The molecular weight excluding hydrogens is 452 g/mol. The van der Waals surface area contributed by atoms with Crippen molar-refractivity contribution in [2.45, 2.75) is 50.8 Å². The van der Waals surface area contributed by atoms with E-state index < -0.39 is 11.5 Å². The number of amides is 1. The van der Waals surface area contributed by atoms with E-state index in [1.165, 1.54) is 0 Å². The molecule has 1 aliphatic carbocycles. The van der Waals surface area contributed by atoms with E-state index in [4.69, 9.17) is 10.8 Å². The molecule has 2 aromatic carbocycles. The van der Waals surface area contributed by atoms with Crippen molar-refractivity contribution in [2.75, 3.05) is 0 Å². The minimum Gasteiger partial charge on any atom is -0.388 e. The summed E-state index contributed by atoms with van der Waals surface area (Å²) in [6.45, 7) is 2.37. The minimum absolute atomic E-state index is 0.00680. The predicted octanol–water partition coefficient (Wildman–Crippen LogP) is 4.40. The molecule has 8 nitrogen and oxygen atoms in total. The molecule has 5 aromatic rings. The summed E-state index contributed by atoms with van der Waals surface area (Å²) in [4.78, 5) is 16.2. The number of carbonyl (C=O) groups excluding carboxylic acids is 1. The molecule has 36 heavy (non-hydrogen) atoms. The molecule has 182 valence electrons. The number of fused-ring (bicyclic) bond motifs is 2. The van der Waals surface area contributed by atoms with Crippen LogP contribution in [0.5, 0.6) is 0 Å². The van der Waals surface area contributed by atoms with Crippen LogP contribution in [-0.4, -0.2) is 41.2 Å². The fourth-order valence-electron chi connectivity index (χ4n) is 5.54. The highest BCUT2D eigenvalue weighted by atomic mass is 16.3. The quantitative estimate of drug-likeness (QED) is 0.387. The number of hydrogen-bond acceptors (Lipinski definition) is 5. The van der Waals surface area contributed by atoms with Gasteiger partial charge in [-0.25, -0.2) is 0 Å². The zero-order valence-corrected chi connectivity index (χ0v) is 20.1. The average molecular weight is 481 g/mol. The van der Waals surface area contributed by atoms with Gasteiger partial charge >= 0.3 is 0 Å². The first kappa shape index (κ1) is 22.4. The zero-order chi connectivity index (χ0) is 24.9. The number of primary amides is 1. The van der Waals surface area contributed by atoms with Crippen molar-refractivity contribution in [3.05, 3.63) is 78.2 Å². The summed E-state index contributed by atoms with van der Waals surface area (Å²) in [5.41, 5.74) is 9.58. The number of benzene rings is 2. The molecule has 3 N–H and O–H groups in total. The molecule has 1 saturated carbocycles. The minimum atomic E-state index is -0.899. The van der Waals surface area contributed by atoms with Gasteiger partial charge in [0, 0.05) is 46.4 Å². The van der Waals surface area contributed by atoms with Crippen molar-refractivity contribution < 1.29 is 9.90 Å². The first-order valence-corrected chi connectivity index (χ1v) is 12.3. The molecule has 1 amide bonds. The SMILES string of the molecule is Cc1cc(-c2nn(C3CCCC(O)(Cn4cc5ccccc5n4)C3)c3ccc(C(N)=O)cc23)ccn1. The van der Waals surface area contributed by atoms with E-state index in [2.05, 4.69) is 10.1 Å². The number of pyridine rings is 1. The van der Waals surface area contributed by atoms with Crippen LogP contribution in [0.15, 0.2) is 67.0 Å². The summed E-state index contributed by atoms with van der Waals surface area (Å²) in [6, 6.07) is 17.4. The molecule has 0 saturated heterocycles. The Morgan fingerprint density at radius 1 is 1.17 bits per heavy atom. The van der Waals surface area contributed by atoms with Gasteiger partial charge in [0.1, 0.15) is 5.69 Å². The number of hydrogen-bond donors (Lipinski definition) is 2. The number of aliphatic hydroxyl groups is 1. The van der Waals surface area contributed by atoms with Crippen LogP contribution in [-0.2, 0) is 6.54 Å². The molecule has 3 aromatic heterocycles. The van der Waals surface area contributed by atoms with Crippen LogP contribution in [0, 0.1) is 6.92 Å². The second-order valence-electron chi connectivity index (χ2n) is 9.94. The third kappa shape index (κ3) is 4.03. The Bertz CT molecular complexity index is 1570. The standard InChI is InChI=1S/C28H28N6O2/c1-18-13-19(10-12-30-18)26-23-14-20(27(29)35)8-9-25(23)34(32-26)22-6-4-11-28(36,15-22)17-33-16-21-5-2-3-7-24(21)31-33/h2-3,5,7-10,12-14,16,22,36H,4,6,11,15,17H2,1H3,(H2,29,35). The van der Waals surface area contributed by atoms with E-state index in [0.29, 0.717) is 24.9 Å². The smallest absolute Gasteiger partial charge is 0.248 e. The number of nitrogens with zero attached hydrogens (tertiary/aromatic N) is 5. The van der Waals surface area contributed by atoms with E-state index in [-0.39, 0.29) is 6.04 Å². The van der Waals surface area contributed by atoms with Gasteiger partial charge in [0.25, 0.3) is 0 Å². The van der Waals surface area contributed by atoms with Crippen LogP contribution in [0.3, 0.4) is 0 Å². The maximum absolute atomic E-state index is 11.9. The fraction of sp³-hybridized carbons (Fsp3) is 0.286. The molecule has 3 heterocycles. The van der Waals surface area contributed by atoms with E-state index in [1.807, 2.05) is 71.0 Å². The van der Waals surface area contributed by atoms with E-state index in [1.54, 1.807) is 12.3 Å². The van der Waals surface area contributed by atoms with Gasteiger partial charge in [0.2, 0.25) is 5.91 Å². The zero-order valence-electron chi connectivity index (χ0n) is 20.1. The lowest BCUT2D eigenvalue weighted by Crippen LogP contribution is -2.40. The Balaban J connectivity index is 1.38. The number of rotatable bonds is 5. The van der Waals surface area contributed by atoms with E-state index >= 15 is 0 Å². The molecular formula is C28H28N6O2. The molecule has 0 spiro atoms. The molecule has 6 rings (SSSR count). The van der Waals surface area contributed by atoms with Crippen molar-refractivity contribution in [2.24, 2.45) is 5.73 Å². The normalized spacial score (nSPS) is 20.2. The monoisotopic (exact) mass is 480 g/mol. The Morgan fingerprint density at radius 3 is 2.83 bits per heavy atom. The van der Waals surface area contributed by atoms with Gasteiger partial charge in [-0.3, -0.25) is 19.1 Å². The van der Waals surface area contributed by atoms with Gasteiger partial charge in [-0.05, 0) is 62.6 Å². The second-order valence-corrected chi connectivity index (χ2v) is 9.94. The fourth-order valence-corrected chi connectivity index (χ4v) is 5.54. The Kier molecular flexibility index (Phi) is 5.34. The van der Waals surface area contributed by atoms with Crippen LogP contribution in [0.25, 0.3) is 33.1 Å². The number of aromatic nitrogens is 5. The largest absolute Gasteiger partial charge is 0.388 e. The van der Waals surface area contributed by atoms with Crippen LogP contribution in [0.4, 0.5) is 0 Å². The van der Waals surface area contributed by atoms with Crippen molar-refractivity contribution >= 4 is 27.7 Å². The van der Waals surface area contributed by atoms with Crippen LogP contribution >= 0.6 is 0 Å². The highest BCUT2D eigenvalue weighted by Crippen LogP contribution is 2.40. The number of aryl methyl sites for hydroxylation is 1. The molecule has 1 aliphatic rings. The molecule has 8 heteroatoms. The molecule has 2 unspecified atom stereocenters. The summed E-state index contributed by atoms with van der Waals surface area (Å²) >= 11 is 0. The third-order valence-corrected chi connectivity index (χ3v) is 7.22. The highest BCUT2D eigenvalue weighted by Gasteiger charge is 2.37. The van der Waals surface area contributed by atoms with Gasteiger partial charge in [-0.1, -0.05) is 18.2 Å². The maximum atomic E-state index is 11.9. The lowest BCUT2D eigenvalue weighted by Gasteiger charge is -2.37.